The number of benzene rings is 4. The van der Waals surface area contributed by atoms with Crippen LogP contribution in [-0.4, -0.2) is 15.5 Å². The van der Waals surface area contributed by atoms with Crippen molar-refractivity contribution in [3.05, 3.63) is 90.5 Å². The molecule has 176 valence electrons. The third-order valence-corrected chi connectivity index (χ3v) is 8.60. The van der Waals surface area contributed by atoms with Gasteiger partial charge in [-0.2, -0.15) is 0 Å². The van der Waals surface area contributed by atoms with Crippen molar-refractivity contribution in [2.24, 2.45) is 0 Å². The zero-order chi connectivity index (χ0) is 24.3. The zero-order valence-corrected chi connectivity index (χ0v) is 20.9. The zero-order valence-electron chi connectivity index (χ0n) is 20.0. The second kappa shape index (κ2) is 9.51. The fraction of sp³-hybridized carbons (Fsp3) is 0.241. The Morgan fingerprint density at radius 3 is 1.68 bits per heavy atom. The van der Waals surface area contributed by atoms with Gasteiger partial charge in [-0.15, -0.1) is 0 Å². The van der Waals surface area contributed by atoms with Crippen molar-refractivity contribution in [3.8, 4) is 17.2 Å². The van der Waals surface area contributed by atoms with E-state index in [4.69, 9.17) is 9.47 Å². The van der Waals surface area contributed by atoms with Crippen LogP contribution in [-0.2, 0) is 15.3 Å². The molecule has 0 bridgehead atoms. The van der Waals surface area contributed by atoms with Gasteiger partial charge in [-0.1, -0.05) is 45.0 Å². The lowest BCUT2D eigenvalue weighted by Crippen LogP contribution is -2.19. The SMILES string of the molecule is CCC(C)(CC)c1ccc(S(=O)(=O)c2ccc(Oc3ccc4cc(OC)ccc4c3)cc2)cc1. The molecule has 0 radical (unpaired) electrons. The number of ether oxygens (including phenoxy) is 2. The van der Waals surface area contributed by atoms with Crippen molar-refractivity contribution in [1.29, 1.82) is 0 Å². The summed E-state index contributed by atoms with van der Waals surface area (Å²) in [5.41, 5.74) is 1.21. The molecule has 0 fully saturated rings. The van der Waals surface area contributed by atoms with Crippen LogP contribution in [0.1, 0.15) is 39.2 Å². The highest BCUT2D eigenvalue weighted by molar-refractivity contribution is 7.91. The van der Waals surface area contributed by atoms with Crippen molar-refractivity contribution in [2.45, 2.75) is 48.8 Å². The van der Waals surface area contributed by atoms with Crippen LogP contribution in [0, 0.1) is 0 Å². The third kappa shape index (κ3) is 4.66. The summed E-state index contributed by atoms with van der Waals surface area (Å²) in [5.74, 6) is 2.06. The van der Waals surface area contributed by atoms with Crippen molar-refractivity contribution >= 4 is 20.6 Å². The average Bonchev–Trinajstić information content (AvgIpc) is 2.88. The lowest BCUT2D eigenvalue weighted by atomic mass is 9.78. The Kier molecular flexibility index (Phi) is 6.67. The van der Waals surface area contributed by atoms with E-state index in [1.807, 2.05) is 48.5 Å². The van der Waals surface area contributed by atoms with Crippen molar-refractivity contribution in [3.63, 3.8) is 0 Å². The first-order chi connectivity index (χ1) is 16.3. The Hall–Kier alpha value is -3.31. The maximum Gasteiger partial charge on any atom is 0.206 e. The largest absolute Gasteiger partial charge is 0.497 e. The van der Waals surface area contributed by atoms with Crippen molar-refractivity contribution < 1.29 is 17.9 Å². The molecule has 0 N–H and O–H groups in total. The molecule has 4 aromatic carbocycles. The summed E-state index contributed by atoms with van der Waals surface area (Å²) in [6.07, 6.45) is 2.00. The maximum atomic E-state index is 13.2. The molecule has 0 heterocycles. The monoisotopic (exact) mass is 474 g/mol. The minimum absolute atomic E-state index is 0.0517. The molecular formula is C29H30O4S. The van der Waals surface area contributed by atoms with Crippen molar-refractivity contribution in [2.75, 3.05) is 7.11 Å². The highest BCUT2D eigenvalue weighted by Gasteiger charge is 2.24. The Bertz CT molecular complexity index is 1380. The predicted octanol–water partition coefficient (Wildman–Crippen LogP) is 7.55. The summed E-state index contributed by atoms with van der Waals surface area (Å²) in [6, 6.07) is 25.5. The van der Waals surface area contributed by atoms with E-state index in [-0.39, 0.29) is 10.3 Å². The molecular weight excluding hydrogens is 444 g/mol. The fourth-order valence-electron chi connectivity index (χ4n) is 4.05. The van der Waals surface area contributed by atoms with Gasteiger partial charge < -0.3 is 9.47 Å². The molecule has 4 nitrogen and oxygen atoms in total. The summed E-state index contributed by atoms with van der Waals surface area (Å²) in [6.45, 7) is 6.53. The van der Waals surface area contributed by atoms with E-state index in [0.29, 0.717) is 16.4 Å². The molecule has 0 aliphatic carbocycles. The van der Waals surface area contributed by atoms with Crippen LogP contribution in [0.2, 0.25) is 0 Å². The molecule has 5 heteroatoms. The number of hydrogen-bond acceptors (Lipinski definition) is 4. The first kappa shape index (κ1) is 23.8. The van der Waals surface area contributed by atoms with Gasteiger partial charge >= 0.3 is 0 Å². The molecule has 4 aromatic rings. The molecule has 0 atom stereocenters. The number of methoxy groups -OCH3 is 1. The minimum atomic E-state index is -3.61. The Labute approximate surface area is 202 Å². The van der Waals surface area contributed by atoms with Crippen LogP contribution in [0.5, 0.6) is 17.2 Å². The summed E-state index contributed by atoms with van der Waals surface area (Å²) < 4.78 is 37.5. The van der Waals surface area contributed by atoms with Crippen LogP contribution in [0.4, 0.5) is 0 Å². The number of sulfone groups is 1. The van der Waals surface area contributed by atoms with Gasteiger partial charge in [0.1, 0.15) is 17.2 Å². The van der Waals surface area contributed by atoms with Gasteiger partial charge in [0.25, 0.3) is 0 Å². The lowest BCUT2D eigenvalue weighted by Gasteiger charge is -2.27. The van der Waals surface area contributed by atoms with E-state index in [9.17, 15) is 8.42 Å². The van der Waals surface area contributed by atoms with Crippen molar-refractivity contribution in [1.82, 2.24) is 0 Å². The second-order valence-corrected chi connectivity index (χ2v) is 10.7. The van der Waals surface area contributed by atoms with Crippen LogP contribution in [0.3, 0.4) is 0 Å². The molecule has 4 rings (SSSR count). The Morgan fingerprint density at radius 1 is 0.676 bits per heavy atom. The predicted molar refractivity (Wildman–Crippen MR) is 137 cm³/mol. The smallest absolute Gasteiger partial charge is 0.206 e. The molecule has 0 aliphatic heterocycles. The van der Waals surface area contributed by atoms with Gasteiger partial charge in [0, 0.05) is 0 Å². The van der Waals surface area contributed by atoms with E-state index in [2.05, 4.69) is 20.8 Å². The van der Waals surface area contributed by atoms with Crippen LogP contribution < -0.4 is 9.47 Å². The van der Waals surface area contributed by atoms with Gasteiger partial charge in [0.15, 0.2) is 0 Å². The Balaban J connectivity index is 1.53. The number of hydrogen-bond donors (Lipinski definition) is 0. The van der Waals surface area contributed by atoms with E-state index >= 15 is 0 Å². The molecule has 0 saturated heterocycles. The molecule has 34 heavy (non-hydrogen) atoms. The second-order valence-electron chi connectivity index (χ2n) is 8.74. The summed E-state index contributed by atoms with van der Waals surface area (Å²) in [4.78, 5) is 0.538. The summed E-state index contributed by atoms with van der Waals surface area (Å²) >= 11 is 0. The van der Waals surface area contributed by atoms with Gasteiger partial charge in [-0.25, -0.2) is 8.42 Å². The third-order valence-electron chi connectivity index (χ3n) is 6.81. The maximum absolute atomic E-state index is 13.2. The molecule has 0 unspecified atom stereocenters. The quantitative estimate of drug-likeness (QED) is 0.264. The van der Waals surface area contributed by atoms with E-state index in [0.717, 1.165) is 34.9 Å². The van der Waals surface area contributed by atoms with E-state index < -0.39 is 9.84 Å². The number of rotatable bonds is 8. The van der Waals surface area contributed by atoms with Gasteiger partial charge in [0.05, 0.1) is 16.9 Å². The lowest BCUT2D eigenvalue weighted by molar-refractivity contribution is 0.415. The normalized spacial score (nSPS) is 12.0. The van der Waals surface area contributed by atoms with Crippen LogP contribution in [0.15, 0.2) is 94.7 Å². The van der Waals surface area contributed by atoms with E-state index in [1.54, 1.807) is 43.5 Å². The molecule has 0 spiro atoms. The number of fused-ring (bicyclic) bond motifs is 1. The van der Waals surface area contributed by atoms with Gasteiger partial charge in [-0.05, 0) is 95.3 Å². The Morgan fingerprint density at radius 2 is 1.15 bits per heavy atom. The highest BCUT2D eigenvalue weighted by Crippen LogP contribution is 2.33. The topological polar surface area (TPSA) is 52.6 Å². The molecule has 0 aromatic heterocycles. The standard InChI is InChI=1S/C29H30O4S/c1-5-29(3,6-2)23-9-15-27(16-10-23)34(30,31)28-17-13-24(14-18-28)33-26-12-8-21-19-25(32-4)11-7-22(21)20-26/h7-20H,5-6H2,1-4H3. The van der Waals surface area contributed by atoms with Gasteiger partial charge in [-0.3, -0.25) is 0 Å². The first-order valence-corrected chi connectivity index (χ1v) is 13.0. The van der Waals surface area contributed by atoms with Gasteiger partial charge in [0.2, 0.25) is 9.84 Å². The molecule has 0 aliphatic rings. The van der Waals surface area contributed by atoms with E-state index in [1.165, 1.54) is 0 Å². The first-order valence-electron chi connectivity index (χ1n) is 11.5. The average molecular weight is 475 g/mol. The molecule has 0 amide bonds. The van der Waals surface area contributed by atoms with Crippen LogP contribution in [0.25, 0.3) is 10.8 Å². The summed E-state index contributed by atoms with van der Waals surface area (Å²) in [5, 5.41) is 2.08. The van der Waals surface area contributed by atoms with Crippen LogP contribution >= 0.6 is 0 Å². The minimum Gasteiger partial charge on any atom is -0.497 e. The summed E-state index contributed by atoms with van der Waals surface area (Å²) in [7, 11) is -1.96. The molecule has 0 saturated carbocycles. The fourth-order valence-corrected chi connectivity index (χ4v) is 5.31. The highest BCUT2D eigenvalue weighted by atomic mass is 32.2.